The lowest BCUT2D eigenvalue weighted by Gasteiger charge is -2.35. The van der Waals surface area contributed by atoms with Gasteiger partial charge in [0.05, 0.1) is 6.54 Å². The fraction of sp³-hybridized carbons (Fsp3) is 0.750. The number of nitrogens with zero attached hydrogens (tertiary/aromatic N) is 3. The third-order valence-electron chi connectivity index (χ3n) is 3.37. The Morgan fingerprint density at radius 1 is 1.31 bits per heavy atom. The first-order chi connectivity index (χ1) is 7.90. The summed E-state index contributed by atoms with van der Waals surface area (Å²) in [5.41, 5.74) is 0. The van der Waals surface area contributed by atoms with Crippen LogP contribution in [0, 0.1) is 0 Å². The third-order valence-corrected chi connectivity index (χ3v) is 3.59. The highest BCUT2D eigenvalue weighted by Crippen LogP contribution is 2.19. The van der Waals surface area contributed by atoms with Crippen LogP contribution in [0.1, 0.15) is 25.7 Å². The van der Waals surface area contributed by atoms with Crippen LogP contribution in [0.25, 0.3) is 0 Å². The number of aromatic nitrogens is 2. The quantitative estimate of drug-likeness (QED) is 0.738. The molecule has 0 saturated carbocycles. The molecule has 0 bridgehead atoms. The number of halogens is 1. The average Bonchev–Trinajstić information content (AvgIpc) is 2.81. The number of alkyl halides is 1. The molecule has 0 N–H and O–H groups in total. The van der Waals surface area contributed by atoms with Gasteiger partial charge < -0.3 is 0 Å². The van der Waals surface area contributed by atoms with E-state index in [2.05, 4.69) is 10.00 Å². The van der Waals surface area contributed by atoms with E-state index in [1.165, 1.54) is 25.8 Å². The predicted octanol–water partition coefficient (Wildman–Crippen LogP) is 2.37. The van der Waals surface area contributed by atoms with Crippen LogP contribution in [0.15, 0.2) is 18.5 Å². The SMILES string of the molecule is ClCCC1CCCCN1CCn1cccn1. The highest BCUT2D eigenvalue weighted by Gasteiger charge is 2.21. The maximum atomic E-state index is 5.86. The molecule has 90 valence electrons. The Kier molecular flexibility index (Phi) is 4.67. The minimum Gasteiger partial charge on any atom is -0.299 e. The zero-order valence-electron chi connectivity index (χ0n) is 9.69. The summed E-state index contributed by atoms with van der Waals surface area (Å²) in [4.78, 5) is 2.58. The van der Waals surface area contributed by atoms with E-state index in [0.29, 0.717) is 6.04 Å². The van der Waals surface area contributed by atoms with Gasteiger partial charge in [0.2, 0.25) is 0 Å². The highest BCUT2D eigenvalue weighted by atomic mass is 35.5. The molecule has 1 atom stereocenters. The number of piperidine rings is 1. The Morgan fingerprint density at radius 3 is 3.00 bits per heavy atom. The first kappa shape index (κ1) is 11.9. The Labute approximate surface area is 102 Å². The van der Waals surface area contributed by atoms with Crippen molar-refractivity contribution in [2.45, 2.75) is 38.3 Å². The van der Waals surface area contributed by atoms with E-state index >= 15 is 0 Å². The van der Waals surface area contributed by atoms with Crippen LogP contribution >= 0.6 is 11.6 Å². The van der Waals surface area contributed by atoms with Crippen molar-refractivity contribution in [3.63, 3.8) is 0 Å². The molecule has 2 rings (SSSR count). The lowest BCUT2D eigenvalue weighted by molar-refractivity contribution is 0.138. The normalized spacial score (nSPS) is 22.4. The second-order valence-electron chi connectivity index (χ2n) is 4.43. The van der Waals surface area contributed by atoms with Crippen LogP contribution in [-0.2, 0) is 6.54 Å². The number of hydrogen-bond acceptors (Lipinski definition) is 2. The molecule has 3 nitrogen and oxygen atoms in total. The van der Waals surface area contributed by atoms with Crippen molar-refractivity contribution in [2.24, 2.45) is 0 Å². The summed E-state index contributed by atoms with van der Waals surface area (Å²) >= 11 is 5.86. The molecule has 1 aliphatic rings. The van der Waals surface area contributed by atoms with Crippen molar-refractivity contribution < 1.29 is 0 Å². The summed E-state index contributed by atoms with van der Waals surface area (Å²) in [6, 6.07) is 2.67. The molecule has 1 fully saturated rings. The molecule has 0 spiro atoms. The van der Waals surface area contributed by atoms with Crippen LogP contribution < -0.4 is 0 Å². The van der Waals surface area contributed by atoms with Gasteiger partial charge in [-0.25, -0.2) is 0 Å². The molecule has 1 saturated heterocycles. The lowest BCUT2D eigenvalue weighted by Crippen LogP contribution is -2.41. The first-order valence-corrected chi connectivity index (χ1v) is 6.71. The maximum absolute atomic E-state index is 5.86. The minimum atomic E-state index is 0.696. The van der Waals surface area contributed by atoms with E-state index < -0.39 is 0 Å². The number of hydrogen-bond donors (Lipinski definition) is 0. The van der Waals surface area contributed by atoms with Crippen LogP contribution in [-0.4, -0.2) is 39.7 Å². The van der Waals surface area contributed by atoms with Gasteiger partial charge in [-0.2, -0.15) is 5.10 Å². The largest absolute Gasteiger partial charge is 0.299 e. The Balaban J connectivity index is 1.81. The van der Waals surface area contributed by atoms with Gasteiger partial charge in [0.15, 0.2) is 0 Å². The molecule has 1 unspecified atom stereocenters. The summed E-state index contributed by atoms with van der Waals surface area (Å²) in [7, 11) is 0. The molecule has 0 aromatic carbocycles. The van der Waals surface area contributed by atoms with Gasteiger partial charge in [-0.05, 0) is 31.9 Å². The fourth-order valence-corrected chi connectivity index (χ4v) is 2.72. The molecular formula is C12H20ClN3. The first-order valence-electron chi connectivity index (χ1n) is 6.17. The van der Waals surface area contributed by atoms with Crippen molar-refractivity contribution in [1.29, 1.82) is 0 Å². The maximum Gasteiger partial charge on any atom is 0.0536 e. The monoisotopic (exact) mass is 241 g/mol. The smallest absolute Gasteiger partial charge is 0.0536 e. The zero-order chi connectivity index (χ0) is 11.2. The fourth-order valence-electron chi connectivity index (χ4n) is 2.47. The van der Waals surface area contributed by atoms with Gasteiger partial charge in [-0.15, -0.1) is 11.6 Å². The minimum absolute atomic E-state index is 0.696. The van der Waals surface area contributed by atoms with Gasteiger partial charge in [-0.3, -0.25) is 9.58 Å². The van der Waals surface area contributed by atoms with Crippen LogP contribution in [0.4, 0.5) is 0 Å². The van der Waals surface area contributed by atoms with Gasteiger partial charge in [0.1, 0.15) is 0 Å². The van der Waals surface area contributed by atoms with E-state index in [4.69, 9.17) is 11.6 Å². The van der Waals surface area contributed by atoms with Gasteiger partial charge in [-0.1, -0.05) is 6.42 Å². The van der Waals surface area contributed by atoms with Crippen LogP contribution in [0.3, 0.4) is 0 Å². The van der Waals surface area contributed by atoms with Crippen molar-refractivity contribution in [3.05, 3.63) is 18.5 Å². The Bertz CT molecular complexity index is 284. The van der Waals surface area contributed by atoms with Crippen molar-refractivity contribution in [3.8, 4) is 0 Å². The summed E-state index contributed by atoms with van der Waals surface area (Å²) in [5, 5.41) is 4.24. The van der Waals surface area contributed by atoms with Crippen LogP contribution in [0.5, 0.6) is 0 Å². The van der Waals surface area contributed by atoms with Crippen molar-refractivity contribution in [2.75, 3.05) is 19.0 Å². The van der Waals surface area contributed by atoms with Gasteiger partial charge >= 0.3 is 0 Å². The van der Waals surface area contributed by atoms with E-state index in [1.54, 1.807) is 0 Å². The number of likely N-dealkylation sites (tertiary alicyclic amines) is 1. The second kappa shape index (κ2) is 6.26. The van der Waals surface area contributed by atoms with E-state index in [9.17, 15) is 0 Å². The molecule has 1 aliphatic heterocycles. The molecule has 2 heterocycles. The van der Waals surface area contributed by atoms with Crippen molar-refractivity contribution >= 4 is 11.6 Å². The topological polar surface area (TPSA) is 21.1 Å². The van der Waals surface area contributed by atoms with E-state index in [-0.39, 0.29) is 0 Å². The molecule has 0 radical (unpaired) electrons. The summed E-state index contributed by atoms with van der Waals surface area (Å²) < 4.78 is 2.01. The molecule has 4 heteroatoms. The Hall–Kier alpha value is -0.540. The van der Waals surface area contributed by atoms with Gasteiger partial charge in [0.25, 0.3) is 0 Å². The molecule has 0 aliphatic carbocycles. The molecule has 0 amide bonds. The predicted molar refractivity (Wildman–Crippen MR) is 66.8 cm³/mol. The van der Waals surface area contributed by atoms with Crippen LogP contribution in [0.2, 0.25) is 0 Å². The summed E-state index contributed by atoms with van der Waals surface area (Å²) in [6.45, 7) is 3.32. The zero-order valence-corrected chi connectivity index (χ0v) is 10.4. The second-order valence-corrected chi connectivity index (χ2v) is 4.81. The summed E-state index contributed by atoms with van der Waals surface area (Å²) in [5.74, 6) is 0.781. The molecular weight excluding hydrogens is 222 g/mol. The van der Waals surface area contributed by atoms with E-state index in [0.717, 1.165) is 25.4 Å². The van der Waals surface area contributed by atoms with E-state index in [1.807, 2.05) is 23.1 Å². The number of rotatable bonds is 5. The average molecular weight is 242 g/mol. The van der Waals surface area contributed by atoms with Gasteiger partial charge in [0, 0.05) is 30.9 Å². The Morgan fingerprint density at radius 2 is 2.25 bits per heavy atom. The molecule has 1 aromatic heterocycles. The summed E-state index contributed by atoms with van der Waals surface area (Å²) in [6.07, 6.45) is 9.00. The molecule has 1 aromatic rings. The lowest BCUT2D eigenvalue weighted by atomic mass is 10.0. The highest BCUT2D eigenvalue weighted by molar-refractivity contribution is 6.17. The van der Waals surface area contributed by atoms with Crippen molar-refractivity contribution in [1.82, 2.24) is 14.7 Å². The third kappa shape index (κ3) is 3.22. The molecule has 16 heavy (non-hydrogen) atoms. The standard InChI is InChI=1S/C12H20ClN3/c13-6-5-12-4-1-2-8-15(12)10-11-16-9-3-7-14-16/h3,7,9,12H,1-2,4-6,8,10-11H2.